The van der Waals surface area contributed by atoms with Crippen molar-refractivity contribution in [2.45, 2.75) is 6.92 Å². The molecule has 1 fully saturated rings. The molecule has 26 heavy (non-hydrogen) atoms. The molecule has 0 aliphatic carbocycles. The minimum Gasteiger partial charge on any atom is -0.478 e. The number of aryl methyl sites for hydroxylation is 1. The van der Waals surface area contributed by atoms with Gasteiger partial charge >= 0.3 is 5.97 Å². The lowest BCUT2D eigenvalue weighted by Crippen LogP contribution is -2.29. The van der Waals surface area contributed by atoms with Gasteiger partial charge in [-0.2, -0.15) is 0 Å². The van der Waals surface area contributed by atoms with Crippen LogP contribution in [0.25, 0.3) is 6.08 Å². The van der Waals surface area contributed by atoms with E-state index in [0.717, 1.165) is 5.76 Å². The highest BCUT2D eigenvalue weighted by molar-refractivity contribution is 8.18. The van der Waals surface area contributed by atoms with E-state index in [1.54, 1.807) is 36.4 Å². The van der Waals surface area contributed by atoms with Gasteiger partial charge in [0.25, 0.3) is 5.91 Å². The molecule has 1 amide bonds. The Labute approximate surface area is 154 Å². The number of hydrogen-bond donors (Lipinski definition) is 1. The number of carboxylic acid groups (broad SMARTS) is 1. The number of hydrogen-bond acceptors (Lipinski definition) is 5. The first kappa shape index (κ1) is 17.8. The van der Waals surface area contributed by atoms with Crippen LogP contribution in [-0.2, 0) is 4.79 Å². The Morgan fingerprint density at radius 1 is 1.35 bits per heavy atom. The summed E-state index contributed by atoms with van der Waals surface area (Å²) >= 11 is 1.17. The number of furan rings is 1. The summed E-state index contributed by atoms with van der Waals surface area (Å²) in [5.41, 5.74) is 0.366. The van der Waals surface area contributed by atoms with Crippen molar-refractivity contribution in [3.8, 4) is 0 Å². The zero-order valence-electron chi connectivity index (χ0n) is 14.0. The van der Waals surface area contributed by atoms with Crippen molar-refractivity contribution in [2.24, 2.45) is 4.99 Å². The van der Waals surface area contributed by atoms with Crippen LogP contribution >= 0.6 is 11.8 Å². The van der Waals surface area contributed by atoms with Gasteiger partial charge < -0.3 is 9.52 Å². The molecule has 6 nitrogen and oxygen atoms in total. The number of aliphatic imine (C=N–C) groups is 1. The Morgan fingerprint density at radius 3 is 2.77 bits per heavy atom. The maximum atomic E-state index is 12.7. The summed E-state index contributed by atoms with van der Waals surface area (Å²) < 4.78 is 5.49. The fourth-order valence-corrected chi connectivity index (χ4v) is 3.38. The molecule has 1 aliphatic heterocycles. The van der Waals surface area contributed by atoms with Gasteiger partial charge in [0, 0.05) is 12.6 Å². The standard InChI is InChI=1S/C19H16N2O4S/c1-3-10-21-17(22)16(11-13-9-8-12(2)25-13)26-19(21)20-15-7-5-4-6-14(15)18(23)24/h3-9,11H,1,10H2,2H3,(H,23,24)/b16-11-,20-19?. The van der Waals surface area contributed by atoms with Gasteiger partial charge in [-0.25, -0.2) is 9.79 Å². The molecule has 0 saturated carbocycles. The topological polar surface area (TPSA) is 83.1 Å². The molecule has 1 aliphatic rings. The minimum absolute atomic E-state index is 0.0747. The number of amides is 1. The average Bonchev–Trinajstić information content (AvgIpc) is 3.14. The van der Waals surface area contributed by atoms with Gasteiger partial charge in [0.15, 0.2) is 5.17 Å². The first-order valence-corrected chi connectivity index (χ1v) is 8.61. The number of aromatic carboxylic acids is 1. The highest BCUT2D eigenvalue weighted by Gasteiger charge is 2.33. The van der Waals surface area contributed by atoms with Gasteiger partial charge in [0.05, 0.1) is 16.2 Å². The SMILES string of the molecule is C=CCN1C(=O)/C(=C/c2ccc(C)o2)SC1=Nc1ccccc1C(=O)O. The first-order valence-electron chi connectivity index (χ1n) is 7.79. The Morgan fingerprint density at radius 2 is 2.12 bits per heavy atom. The van der Waals surface area contributed by atoms with E-state index in [1.807, 2.05) is 13.0 Å². The monoisotopic (exact) mass is 368 g/mol. The predicted molar refractivity (Wildman–Crippen MR) is 101 cm³/mol. The van der Waals surface area contributed by atoms with Crippen LogP contribution < -0.4 is 0 Å². The van der Waals surface area contributed by atoms with E-state index >= 15 is 0 Å². The fraction of sp³-hybridized carbons (Fsp3) is 0.105. The van der Waals surface area contributed by atoms with Gasteiger partial charge in [-0.05, 0) is 43.0 Å². The van der Waals surface area contributed by atoms with Crippen molar-refractivity contribution in [1.29, 1.82) is 0 Å². The third kappa shape index (κ3) is 3.62. The van der Waals surface area contributed by atoms with Gasteiger partial charge in [-0.15, -0.1) is 6.58 Å². The molecule has 2 heterocycles. The van der Waals surface area contributed by atoms with E-state index in [1.165, 1.54) is 22.7 Å². The van der Waals surface area contributed by atoms with Gasteiger partial charge in [0.2, 0.25) is 0 Å². The summed E-state index contributed by atoms with van der Waals surface area (Å²) in [7, 11) is 0. The van der Waals surface area contributed by atoms with E-state index < -0.39 is 5.97 Å². The summed E-state index contributed by atoms with van der Waals surface area (Å²) in [5.74, 6) is 0.0236. The Bertz CT molecular complexity index is 943. The normalized spacial score (nSPS) is 17.3. The molecule has 1 aromatic heterocycles. The van der Waals surface area contributed by atoms with Crippen molar-refractivity contribution < 1.29 is 19.1 Å². The molecule has 0 unspecified atom stereocenters. The second-order valence-corrected chi connectivity index (χ2v) is 6.49. The van der Waals surface area contributed by atoms with Crippen LogP contribution in [-0.4, -0.2) is 33.6 Å². The summed E-state index contributed by atoms with van der Waals surface area (Å²) in [4.78, 5) is 30.4. The van der Waals surface area contributed by atoms with Crippen LogP contribution in [0.15, 0.2) is 63.4 Å². The van der Waals surface area contributed by atoms with Crippen LogP contribution in [0.4, 0.5) is 5.69 Å². The Balaban J connectivity index is 2.00. The minimum atomic E-state index is -1.07. The molecule has 0 bridgehead atoms. The number of rotatable bonds is 5. The van der Waals surface area contributed by atoms with E-state index in [0.29, 0.717) is 21.5 Å². The molecule has 1 aromatic carbocycles. The number of benzene rings is 1. The van der Waals surface area contributed by atoms with Crippen molar-refractivity contribution in [3.63, 3.8) is 0 Å². The number of nitrogens with zero attached hydrogens (tertiary/aromatic N) is 2. The highest BCUT2D eigenvalue weighted by Crippen LogP contribution is 2.35. The van der Waals surface area contributed by atoms with Crippen LogP contribution in [0.3, 0.4) is 0 Å². The Kier molecular flexibility index (Phi) is 5.09. The smallest absolute Gasteiger partial charge is 0.337 e. The molecule has 7 heteroatoms. The second kappa shape index (κ2) is 7.45. The van der Waals surface area contributed by atoms with Crippen molar-refractivity contribution in [2.75, 3.05) is 6.54 Å². The molecule has 0 atom stereocenters. The predicted octanol–water partition coefficient (Wildman–Crippen LogP) is 4.08. The molecule has 1 N–H and O–H groups in total. The number of carboxylic acids is 1. The largest absolute Gasteiger partial charge is 0.478 e. The lowest BCUT2D eigenvalue weighted by atomic mass is 10.2. The molecular formula is C19H16N2O4S. The zero-order chi connectivity index (χ0) is 18.7. The van der Waals surface area contributed by atoms with Crippen LogP contribution in [0, 0.1) is 6.92 Å². The summed E-state index contributed by atoms with van der Waals surface area (Å²) in [6.45, 7) is 5.77. The van der Waals surface area contributed by atoms with Crippen molar-refractivity contribution in [1.82, 2.24) is 4.90 Å². The van der Waals surface area contributed by atoms with Crippen LogP contribution in [0.1, 0.15) is 21.9 Å². The quantitative estimate of drug-likeness (QED) is 0.635. The number of para-hydroxylation sites is 1. The summed E-state index contributed by atoms with van der Waals surface area (Å²) in [5, 5.41) is 9.71. The maximum Gasteiger partial charge on any atom is 0.337 e. The van der Waals surface area contributed by atoms with E-state index in [-0.39, 0.29) is 18.0 Å². The molecular weight excluding hydrogens is 352 g/mol. The molecule has 0 radical (unpaired) electrons. The number of thioether (sulfide) groups is 1. The lowest BCUT2D eigenvalue weighted by Gasteiger charge is -2.13. The van der Waals surface area contributed by atoms with Gasteiger partial charge in [0.1, 0.15) is 11.5 Å². The average molecular weight is 368 g/mol. The summed E-state index contributed by atoms with van der Waals surface area (Å²) in [6.07, 6.45) is 3.25. The first-order chi connectivity index (χ1) is 12.5. The van der Waals surface area contributed by atoms with Crippen LogP contribution in [0.5, 0.6) is 0 Å². The molecule has 132 valence electrons. The van der Waals surface area contributed by atoms with Gasteiger partial charge in [-0.3, -0.25) is 9.69 Å². The molecule has 1 saturated heterocycles. The maximum absolute atomic E-state index is 12.7. The van der Waals surface area contributed by atoms with E-state index in [2.05, 4.69) is 11.6 Å². The highest BCUT2D eigenvalue weighted by atomic mass is 32.2. The van der Waals surface area contributed by atoms with Crippen molar-refractivity contribution >= 4 is 40.6 Å². The molecule has 0 spiro atoms. The second-order valence-electron chi connectivity index (χ2n) is 5.48. The Hall–Kier alpha value is -3.06. The lowest BCUT2D eigenvalue weighted by molar-refractivity contribution is -0.121. The van der Waals surface area contributed by atoms with E-state index in [4.69, 9.17) is 4.42 Å². The third-order valence-corrected chi connectivity index (χ3v) is 4.59. The zero-order valence-corrected chi connectivity index (χ0v) is 14.8. The van der Waals surface area contributed by atoms with E-state index in [9.17, 15) is 14.7 Å². The number of carbonyl (C=O) groups is 2. The molecule has 2 aromatic rings. The third-order valence-electron chi connectivity index (χ3n) is 3.58. The van der Waals surface area contributed by atoms with Gasteiger partial charge in [-0.1, -0.05) is 18.2 Å². The molecule has 3 rings (SSSR count). The number of carbonyl (C=O) groups excluding carboxylic acids is 1. The van der Waals surface area contributed by atoms with Crippen molar-refractivity contribution in [3.05, 3.63) is 71.0 Å². The number of amidine groups is 1. The summed E-state index contributed by atoms with van der Waals surface area (Å²) in [6, 6.07) is 10.0. The fourth-order valence-electron chi connectivity index (χ4n) is 2.40. The van der Waals surface area contributed by atoms with Crippen LogP contribution in [0.2, 0.25) is 0 Å².